The number of anilines is 2. The van der Waals surface area contributed by atoms with Crippen molar-refractivity contribution in [3.63, 3.8) is 0 Å². The number of rotatable bonds is 0. The maximum Gasteiger partial charge on any atom is 0.148 e. The molecule has 2 heterocycles. The maximum absolute atomic E-state index is 13.5. The summed E-state index contributed by atoms with van der Waals surface area (Å²) >= 11 is 1.98. The third kappa shape index (κ3) is 1.47. The average Bonchev–Trinajstić information content (AvgIpc) is 2.29. The molecule has 0 spiro atoms. The monoisotopic (exact) mass is 224 g/mol. The number of benzene rings is 1. The topological polar surface area (TPSA) is 15.3 Å². The highest BCUT2D eigenvalue weighted by Crippen LogP contribution is 2.35. The van der Waals surface area contributed by atoms with Crippen LogP contribution >= 0.6 is 11.8 Å². The molecule has 0 aliphatic carbocycles. The molecular formula is C11H13FN2S. The van der Waals surface area contributed by atoms with Gasteiger partial charge in [0.2, 0.25) is 0 Å². The van der Waals surface area contributed by atoms with Crippen LogP contribution in [0.3, 0.4) is 0 Å². The maximum atomic E-state index is 13.5. The van der Waals surface area contributed by atoms with Crippen LogP contribution < -0.4 is 10.2 Å². The highest BCUT2D eigenvalue weighted by molar-refractivity contribution is 7.99. The van der Waals surface area contributed by atoms with Crippen molar-refractivity contribution in [1.82, 2.24) is 0 Å². The molecule has 0 radical (unpaired) electrons. The molecule has 2 nitrogen and oxygen atoms in total. The van der Waals surface area contributed by atoms with E-state index in [9.17, 15) is 4.39 Å². The molecule has 1 atom stereocenters. The minimum atomic E-state index is -0.135. The fraction of sp³-hybridized carbons (Fsp3) is 0.455. The van der Waals surface area contributed by atoms with Crippen molar-refractivity contribution in [2.24, 2.45) is 0 Å². The minimum Gasteiger partial charge on any atom is -0.379 e. The van der Waals surface area contributed by atoms with E-state index in [0.717, 1.165) is 30.3 Å². The van der Waals surface area contributed by atoms with E-state index in [-0.39, 0.29) is 5.82 Å². The van der Waals surface area contributed by atoms with E-state index in [1.807, 2.05) is 17.8 Å². The Morgan fingerprint density at radius 3 is 3.33 bits per heavy atom. The van der Waals surface area contributed by atoms with Gasteiger partial charge in [-0.15, -0.1) is 0 Å². The van der Waals surface area contributed by atoms with Gasteiger partial charge in [-0.2, -0.15) is 11.8 Å². The van der Waals surface area contributed by atoms with Crippen molar-refractivity contribution in [2.75, 3.05) is 34.8 Å². The molecular weight excluding hydrogens is 211 g/mol. The fourth-order valence-corrected chi connectivity index (χ4v) is 3.35. The molecule has 1 aromatic rings. The molecule has 1 fully saturated rings. The van der Waals surface area contributed by atoms with Crippen LogP contribution in [-0.4, -0.2) is 30.6 Å². The van der Waals surface area contributed by atoms with Crippen LogP contribution in [0.4, 0.5) is 15.8 Å². The molecule has 2 aliphatic rings. The summed E-state index contributed by atoms with van der Waals surface area (Å²) < 4.78 is 13.5. The number of fused-ring (bicyclic) bond motifs is 3. The summed E-state index contributed by atoms with van der Waals surface area (Å²) in [6, 6.07) is 5.84. The van der Waals surface area contributed by atoms with Gasteiger partial charge in [0.05, 0.1) is 17.4 Å². The first-order valence-corrected chi connectivity index (χ1v) is 6.38. The standard InChI is InChI=1S/C11H13FN2S/c12-9-2-1-3-10-11(9)13-6-8-7-15-5-4-14(8)10/h1-3,8,13H,4-7H2. The first-order chi connectivity index (χ1) is 7.36. The van der Waals surface area contributed by atoms with Gasteiger partial charge >= 0.3 is 0 Å². The van der Waals surface area contributed by atoms with E-state index >= 15 is 0 Å². The fourth-order valence-electron chi connectivity index (χ4n) is 2.29. The van der Waals surface area contributed by atoms with Crippen molar-refractivity contribution in [2.45, 2.75) is 6.04 Å². The molecule has 3 rings (SSSR count). The Hall–Kier alpha value is -0.900. The summed E-state index contributed by atoms with van der Waals surface area (Å²) in [5.41, 5.74) is 1.72. The number of nitrogens with zero attached hydrogens (tertiary/aromatic N) is 1. The van der Waals surface area contributed by atoms with Crippen LogP contribution in [0.1, 0.15) is 0 Å². The molecule has 4 heteroatoms. The van der Waals surface area contributed by atoms with Gasteiger partial charge in [0.1, 0.15) is 5.82 Å². The van der Waals surface area contributed by atoms with Gasteiger partial charge < -0.3 is 10.2 Å². The van der Waals surface area contributed by atoms with Crippen LogP contribution in [-0.2, 0) is 0 Å². The molecule has 0 aromatic heterocycles. The molecule has 1 N–H and O–H groups in total. The molecule has 0 amide bonds. The molecule has 80 valence electrons. The summed E-state index contributed by atoms with van der Waals surface area (Å²) in [6.45, 7) is 1.90. The average molecular weight is 224 g/mol. The van der Waals surface area contributed by atoms with Crippen LogP contribution in [0, 0.1) is 5.82 Å². The third-order valence-corrected chi connectivity index (χ3v) is 4.13. The van der Waals surface area contributed by atoms with Gasteiger partial charge in [0.15, 0.2) is 0 Å². The van der Waals surface area contributed by atoms with Crippen LogP contribution in [0.5, 0.6) is 0 Å². The van der Waals surface area contributed by atoms with Crippen molar-refractivity contribution in [3.8, 4) is 0 Å². The Balaban J connectivity index is 2.03. The normalized spacial score (nSPS) is 24.1. The smallest absolute Gasteiger partial charge is 0.148 e. The number of halogens is 1. The van der Waals surface area contributed by atoms with Crippen LogP contribution in [0.25, 0.3) is 0 Å². The van der Waals surface area contributed by atoms with E-state index < -0.39 is 0 Å². The molecule has 0 saturated carbocycles. The summed E-state index contributed by atoms with van der Waals surface area (Å²) in [5, 5.41) is 3.20. The lowest BCUT2D eigenvalue weighted by molar-refractivity contribution is 0.608. The number of hydrogen-bond donors (Lipinski definition) is 1. The largest absolute Gasteiger partial charge is 0.379 e. The Morgan fingerprint density at radius 2 is 2.40 bits per heavy atom. The summed E-state index contributed by atoms with van der Waals surface area (Å²) in [7, 11) is 0. The lowest BCUT2D eigenvalue weighted by Crippen LogP contribution is -2.49. The highest BCUT2D eigenvalue weighted by Gasteiger charge is 2.29. The second kappa shape index (κ2) is 3.59. The molecule has 15 heavy (non-hydrogen) atoms. The SMILES string of the molecule is Fc1cccc2c1NCC1CSCCN21. The Labute approximate surface area is 92.8 Å². The molecule has 1 aromatic carbocycles. The first kappa shape index (κ1) is 9.33. The quantitative estimate of drug-likeness (QED) is 0.727. The number of hydrogen-bond acceptors (Lipinski definition) is 3. The van der Waals surface area contributed by atoms with Gasteiger partial charge in [-0.25, -0.2) is 4.39 Å². The predicted molar refractivity (Wildman–Crippen MR) is 63.3 cm³/mol. The Kier molecular flexibility index (Phi) is 2.24. The Bertz CT molecular complexity index is 383. The highest BCUT2D eigenvalue weighted by atomic mass is 32.2. The van der Waals surface area contributed by atoms with Gasteiger partial charge in [-0.05, 0) is 12.1 Å². The summed E-state index contributed by atoms with van der Waals surface area (Å²) in [6.07, 6.45) is 0. The van der Waals surface area contributed by atoms with Gasteiger partial charge in [-0.1, -0.05) is 6.07 Å². The zero-order chi connectivity index (χ0) is 10.3. The van der Waals surface area contributed by atoms with E-state index in [0.29, 0.717) is 11.7 Å². The summed E-state index contributed by atoms with van der Waals surface area (Å²) in [5.74, 6) is 2.15. The first-order valence-electron chi connectivity index (χ1n) is 5.23. The number of nitrogens with one attached hydrogen (secondary N) is 1. The molecule has 2 aliphatic heterocycles. The van der Waals surface area contributed by atoms with Crippen molar-refractivity contribution in [1.29, 1.82) is 0 Å². The zero-order valence-electron chi connectivity index (χ0n) is 8.37. The molecule has 1 unspecified atom stereocenters. The lowest BCUT2D eigenvalue weighted by atomic mass is 10.1. The number of para-hydroxylation sites is 1. The van der Waals surface area contributed by atoms with Crippen molar-refractivity contribution >= 4 is 23.1 Å². The second-order valence-corrected chi connectivity index (χ2v) is 5.09. The summed E-state index contributed by atoms with van der Waals surface area (Å²) in [4.78, 5) is 2.34. The lowest BCUT2D eigenvalue weighted by Gasteiger charge is -2.42. The van der Waals surface area contributed by atoms with Gasteiger partial charge in [-0.3, -0.25) is 0 Å². The van der Waals surface area contributed by atoms with Crippen molar-refractivity contribution in [3.05, 3.63) is 24.0 Å². The Morgan fingerprint density at radius 1 is 1.47 bits per heavy atom. The minimum absolute atomic E-state index is 0.135. The van der Waals surface area contributed by atoms with Crippen molar-refractivity contribution < 1.29 is 4.39 Å². The van der Waals surface area contributed by atoms with Gasteiger partial charge in [0.25, 0.3) is 0 Å². The third-order valence-electron chi connectivity index (χ3n) is 3.04. The van der Waals surface area contributed by atoms with Crippen LogP contribution in [0.15, 0.2) is 18.2 Å². The molecule has 1 saturated heterocycles. The van der Waals surface area contributed by atoms with E-state index in [4.69, 9.17) is 0 Å². The zero-order valence-corrected chi connectivity index (χ0v) is 9.19. The van der Waals surface area contributed by atoms with E-state index in [2.05, 4.69) is 10.2 Å². The van der Waals surface area contributed by atoms with Crippen LogP contribution in [0.2, 0.25) is 0 Å². The molecule has 0 bridgehead atoms. The van der Waals surface area contributed by atoms with Gasteiger partial charge in [0, 0.05) is 24.6 Å². The van der Waals surface area contributed by atoms with E-state index in [1.165, 1.54) is 6.07 Å². The number of thioether (sulfide) groups is 1. The predicted octanol–water partition coefficient (Wildman–Crippen LogP) is 2.17. The van der Waals surface area contributed by atoms with E-state index in [1.54, 1.807) is 6.07 Å². The second-order valence-electron chi connectivity index (χ2n) is 3.94.